The van der Waals surface area contributed by atoms with E-state index in [0.29, 0.717) is 5.92 Å². The lowest BCUT2D eigenvalue weighted by molar-refractivity contribution is 0.108. The fourth-order valence-corrected chi connectivity index (χ4v) is 1.01. The molecule has 0 amide bonds. The van der Waals surface area contributed by atoms with Gasteiger partial charge in [-0.2, -0.15) is 0 Å². The first kappa shape index (κ1) is 12.9. The summed E-state index contributed by atoms with van der Waals surface area (Å²) >= 11 is 0. The predicted octanol–water partition coefficient (Wildman–Crippen LogP) is 2.29. The number of rotatable bonds is 8. The van der Waals surface area contributed by atoms with Crippen LogP contribution < -0.4 is 5.32 Å². The highest BCUT2D eigenvalue weighted by Gasteiger charge is 1.94. The molecule has 0 bridgehead atoms. The highest BCUT2D eigenvalue weighted by molar-refractivity contribution is 4.51. The highest BCUT2D eigenvalue weighted by atomic mass is 16.5. The summed E-state index contributed by atoms with van der Waals surface area (Å²) in [5.41, 5.74) is 0. The summed E-state index contributed by atoms with van der Waals surface area (Å²) in [6.45, 7) is 12.8. The number of hydrogen-bond donors (Lipinski definition) is 1. The fourth-order valence-electron chi connectivity index (χ4n) is 1.01. The maximum atomic E-state index is 5.46. The van der Waals surface area contributed by atoms with E-state index in [4.69, 9.17) is 4.74 Å². The zero-order valence-corrected chi connectivity index (χ0v) is 9.60. The largest absolute Gasteiger partial charge is 0.381 e. The van der Waals surface area contributed by atoms with Crippen LogP contribution in [0.15, 0.2) is 0 Å². The Labute approximate surface area is 83.1 Å². The van der Waals surface area contributed by atoms with E-state index in [1.54, 1.807) is 0 Å². The molecule has 0 rings (SSSR count). The molecule has 1 N–H and O–H groups in total. The molecule has 13 heavy (non-hydrogen) atoms. The van der Waals surface area contributed by atoms with E-state index in [9.17, 15) is 0 Å². The standard InChI is InChI=1S/C11H25NO/c1-10(2)8-12-6-5-7-13-9-11(3)4/h10-12H,5-9H2,1-4H3. The van der Waals surface area contributed by atoms with Crippen LogP contribution in [0.1, 0.15) is 34.1 Å². The van der Waals surface area contributed by atoms with Crippen molar-refractivity contribution in [2.75, 3.05) is 26.3 Å². The Morgan fingerprint density at radius 3 is 2.31 bits per heavy atom. The van der Waals surface area contributed by atoms with Crippen LogP contribution in [0.25, 0.3) is 0 Å². The molecule has 0 aliphatic rings. The van der Waals surface area contributed by atoms with E-state index in [1.165, 1.54) is 0 Å². The molecule has 2 heteroatoms. The summed E-state index contributed by atoms with van der Waals surface area (Å²) in [7, 11) is 0. The van der Waals surface area contributed by atoms with Gasteiger partial charge in [0.15, 0.2) is 0 Å². The molecule has 0 aliphatic carbocycles. The molecule has 80 valence electrons. The van der Waals surface area contributed by atoms with Gasteiger partial charge in [-0.25, -0.2) is 0 Å². The van der Waals surface area contributed by atoms with Gasteiger partial charge in [0, 0.05) is 13.2 Å². The zero-order chi connectivity index (χ0) is 10.1. The molecule has 0 saturated heterocycles. The topological polar surface area (TPSA) is 21.3 Å². The molecule has 0 aromatic carbocycles. The van der Waals surface area contributed by atoms with Crippen molar-refractivity contribution in [3.8, 4) is 0 Å². The van der Waals surface area contributed by atoms with Gasteiger partial charge in [0.05, 0.1) is 0 Å². The first-order valence-electron chi connectivity index (χ1n) is 5.41. The van der Waals surface area contributed by atoms with Gasteiger partial charge in [-0.15, -0.1) is 0 Å². The van der Waals surface area contributed by atoms with Crippen LogP contribution >= 0.6 is 0 Å². The summed E-state index contributed by atoms with van der Waals surface area (Å²) < 4.78 is 5.46. The van der Waals surface area contributed by atoms with Crippen molar-refractivity contribution in [1.29, 1.82) is 0 Å². The maximum Gasteiger partial charge on any atom is 0.0489 e. The second-order valence-corrected chi connectivity index (χ2v) is 4.42. The second kappa shape index (κ2) is 8.52. The van der Waals surface area contributed by atoms with E-state index in [-0.39, 0.29) is 0 Å². The van der Waals surface area contributed by atoms with Crippen molar-refractivity contribution < 1.29 is 4.74 Å². The van der Waals surface area contributed by atoms with Crippen molar-refractivity contribution in [3.05, 3.63) is 0 Å². The van der Waals surface area contributed by atoms with E-state index in [0.717, 1.165) is 38.6 Å². The maximum absolute atomic E-state index is 5.46. The molecule has 0 aliphatic heterocycles. The Morgan fingerprint density at radius 1 is 1.08 bits per heavy atom. The van der Waals surface area contributed by atoms with Crippen molar-refractivity contribution in [1.82, 2.24) is 5.32 Å². The van der Waals surface area contributed by atoms with Gasteiger partial charge in [-0.05, 0) is 31.3 Å². The minimum atomic E-state index is 0.656. The first-order chi connectivity index (χ1) is 6.13. The third-order valence-electron chi connectivity index (χ3n) is 1.65. The van der Waals surface area contributed by atoms with E-state index in [1.807, 2.05) is 0 Å². The average Bonchev–Trinajstić information content (AvgIpc) is 2.01. The lowest BCUT2D eigenvalue weighted by Crippen LogP contribution is -2.21. The Morgan fingerprint density at radius 2 is 1.77 bits per heavy atom. The Kier molecular flexibility index (Phi) is 8.46. The number of hydrogen-bond acceptors (Lipinski definition) is 2. The average molecular weight is 187 g/mol. The van der Waals surface area contributed by atoms with Crippen LogP contribution in [0.4, 0.5) is 0 Å². The molecule has 0 heterocycles. The van der Waals surface area contributed by atoms with Gasteiger partial charge in [0.25, 0.3) is 0 Å². The van der Waals surface area contributed by atoms with Crippen molar-refractivity contribution in [2.24, 2.45) is 11.8 Å². The lowest BCUT2D eigenvalue weighted by atomic mass is 10.2. The van der Waals surface area contributed by atoms with Crippen molar-refractivity contribution in [2.45, 2.75) is 34.1 Å². The van der Waals surface area contributed by atoms with Crippen LogP contribution in [0.2, 0.25) is 0 Å². The molecule has 0 atom stereocenters. The quantitative estimate of drug-likeness (QED) is 0.589. The SMILES string of the molecule is CC(C)CNCCCOCC(C)C. The third-order valence-corrected chi connectivity index (χ3v) is 1.65. The molecular formula is C11H25NO. The van der Waals surface area contributed by atoms with Crippen LogP contribution in [0.3, 0.4) is 0 Å². The van der Waals surface area contributed by atoms with Gasteiger partial charge in [-0.1, -0.05) is 27.7 Å². The number of ether oxygens (including phenoxy) is 1. The molecular weight excluding hydrogens is 162 g/mol. The third kappa shape index (κ3) is 11.9. The Hall–Kier alpha value is -0.0800. The molecule has 0 aromatic rings. The van der Waals surface area contributed by atoms with E-state index >= 15 is 0 Å². The van der Waals surface area contributed by atoms with Gasteiger partial charge in [0.2, 0.25) is 0 Å². The van der Waals surface area contributed by atoms with Crippen LogP contribution in [-0.4, -0.2) is 26.3 Å². The normalized spacial score (nSPS) is 11.5. The summed E-state index contributed by atoms with van der Waals surface area (Å²) in [6.07, 6.45) is 1.12. The first-order valence-corrected chi connectivity index (χ1v) is 5.41. The molecule has 0 unspecified atom stereocenters. The van der Waals surface area contributed by atoms with E-state index in [2.05, 4.69) is 33.0 Å². The molecule has 0 spiro atoms. The molecule has 2 nitrogen and oxygen atoms in total. The minimum Gasteiger partial charge on any atom is -0.381 e. The Balaban J connectivity index is 2.92. The minimum absolute atomic E-state index is 0.656. The van der Waals surface area contributed by atoms with Crippen molar-refractivity contribution in [3.63, 3.8) is 0 Å². The molecule has 0 fully saturated rings. The second-order valence-electron chi connectivity index (χ2n) is 4.42. The molecule has 0 radical (unpaired) electrons. The van der Waals surface area contributed by atoms with Crippen molar-refractivity contribution >= 4 is 0 Å². The zero-order valence-electron chi connectivity index (χ0n) is 9.60. The summed E-state index contributed by atoms with van der Waals surface area (Å²) in [5, 5.41) is 3.39. The summed E-state index contributed by atoms with van der Waals surface area (Å²) in [5.74, 6) is 1.40. The highest BCUT2D eigenvalue weighted by Crippen LogP contribution is 1.93. The van der Waals surface area contributed by atoms with Gasteiger partial charge >= 0.3 is 0 Å². The predicted molar refractivity (Wildman–Crippen MR) is 58.0 cm³/mol. The fraction of sp³-hybridized carbons (Fsp3) is 1.00. The van der Waals surface area contributed by atoms with Gasteiger partial charge in [0.1, 0.15) is 0 Å². The van der Waals surface area contributed by atoms with Crippen LogP contribution in [0, 0.1) is 11.8 Å². The Bertz CT molecular complexity index is 90.3. The summed E-state index contributed by atoms with van der Waals surface area (Å²) in [6, 6.07) is 0. The smallest absolute Gasteiger partial charge is 0.0489 e. The summed E-state index contributed by atoms with van der Waals surface area (Å²) in [4.78, 5) is 0. The monoisotopic (exact) mass is 187 g/mol. The molecule has 0 saturated carbocycles. The number of nitrogens with one attached hydrogen (secondary N) is 1. The van der Waals surface area contributed by atoms with Crippen LogP contribution in [-0.2, 0) is 4.74 Å². The van der Waals surface area contributed by atoms with E-state index < -0.39 is 0 Å². The van der Waals surface area contributed by atoms with Gasteiger partial charge < -0.3 is 10.1 Å². The van der Waals surface area contributed by atoms with Crippen LogP contribution in [0.5, 0.6) is 0 Å². The molecule has 0 aromatic heterocycles. The van der Waals surface area contributed by atoms with Gasteiger partial charge in [-0.3, -0.25) is 0 Å². The lowest BCUT2D eigenvalue weighted by Gasteiger charge is -2.08.